The molecule has 2 atom stereocenters. The summed E-state index contributed by atoms with van der Waals surface area (Å²) < 4.78 is 57.7. The first-order chi connectivity index (χ1) is 37.4. The van der Waals surface area contributed by atoms with Gasteiger partial charge in [0.25, 0.3) is 31.9 Å². The van der Waals surface area contributed by atoms with Gasteiger partial charge in [-0.15, -0.1) is 0 Å². The molecule has 0 bridgehead atoms. The molecular weight excluding hydrogens is 1160 g/mol. The summed E-state index contributed by atoms with van der Waals surface area (Å²) in [6, 6.07) is 29.1. The highest BCUT2D eigenvalue weighted by Crippen LogP contribution is 2.39. The summed E-state index contributed by atoms with van der Waals surface area (Å²) in [6.45, 7) is 37.5. The number of benzene rings is 2. The van der Waals surface area contributed by atoms with Gasteiger partial charge in [0.1, 0.15) is 32.4 Å². The van der Waals surface area contributed by atoms with Gasteiger partial charge in [-0.2, -0.15) is 10.2 Å². The minimum Gasteiger partial charge on any atom is -0.351 e. The zero-order valence-corrected chi connectivity index (χ0v) is 55.7. The second-order valence-corrected chi connectivity index (χ2v) is 40.8. The maximum Gasteiger partial charge on any atom is 0.268 e. The number of carbonyl (C=O) groups is 2. The molecule has 440 valence electrons. The topological polar surface area (TPSA) is 205 Å². The third kappa shape index (κ3) is 17.3. The Bertz CT molecular complexity index is 3340. The minimum atomic E-state index is -4.04. The van der Waals surface area contributed by atoms with Crippen molar-refractivity contribution in [3.63, 3.8) is 0 Å². The number of nitrogens with zero attached hydrogens (tertiary/aromatic N) is 7. The lowest BCUT2D eigenvalue weighted by Gasteiger charge is -2.34. The van der Waals surface area contributed by atoms with Gasteiger partial charge in [0, 0.05) is 47.2 Å². The Morgan fingerprint density at radius 1 is 0.642 bits per heavy atom. The Hall–Kier alpha value is -5.49. The second kappa shape index (κ2) is 25.2. The van der Waals surface area contributed by atoms with Gasteiger partial charge >= 0.3 is 0 Å². The molecule has 0 aliphatic carbocycles. The summed E-state index contributed by atoms with van der Waals surface area (Å²) in [5.74, 6) is 1.00. The Labute approximate surface area is 493 Å². The Morgan fingerprint density at radius 2 is 1.09 bits per heavy atom. The van der Waals surface area contributed by atoms with E-state index in [-0.39, 0.29) is 37.4 Å². The van der Waals surface area contributed by atoms with E-state index in [0.717, 1.165) is 37.2 Å². The van der Waals surface area contributed by atoms with Crippen LogP contribution in [0.25, 0.3) is 5.82 Å². The molecule has 3 N–H and O–H groups in total. The molecule has 8 rings (SSSR count). The average molecular weight is 1240 g/mol. The summed E-state index contributed by atoms with van der Waals surface area (Å²) in [7, 11) is -11.0. The third-order valence-electron chi connectivity index (χ3n) is 15.2. The molecular formula is C60H87BrN10O6S2Si2. The quantitative estimate of drug-likeness (QED) is 0.0649. The zero-order chi connectivity index (χ0) is 60.1. The van der Waals surface area contributed by atoms with E-state index >= 15 is 0 Å². The molecule has 2 saturated heterocycles. The number of hydrogen-bond acceptors (Lipinski definition) is 12. The molecule has 0 radical (unpaired) electrons. The van der Waals surface area contributed by atoms with Gasteiger partial charge in [0.2, 0.25) is 0 Å². The van der Waals surface area contributed by atoms with E-state index in [1.54, 1.807) is 65.3 Å². The standard InChI is InChI=1S/C30H43N5O3SSi.C19H22BrN3O3S.C11H22N2Si/c1-22-20-30(5,6)34(21-22)27-24(28(36)33-39(37,38)23-12-10-9-11-13-23)14-15-25(31-27)35-18-16-26(32-35)40(7,8)19-17-29(2,3)4;1-13-11-19(2,3)23(12-13)17-15(9-10-16(20)21-17)18(24)22-27(25,26)14-7-5-4-6-8-14;1-11(2,3)7-9-14(4,5)10-6-8-12-13-10/h9-16,18,22H,17,19-21H2,1-8H3,(H,33,36);4-10,13H,11-12H2,1-3H3,(H,22,24);6,8H,7,9H2,1-5H3,(H,12,13)/t22-;13-;/m00./s1. The Balaban J connectivity index is 0.000000221. The number of H-pyrrole nitrogens is 1. The molecule has 6 heterocycles. The van der Waals surface area contributed by atoms with Crippen LogP contribution in [0.4, 0.5) is 11.6 Å². The first-order valence-corrected chi connectivity index (χ1v) is 38.1. The fourth-order valence-electron chi connectivity index (χ4n) is 10.4. The number of carbonyl (C=O) groups excluding carboxylic acids is 2. The fourth-order valence-corrected chi connectivity index (χ4v) is 17.8. The zero-order valence-electron chi connectivity index (χ0n) is 50.5. The first kappa shape index (κ1) is 64.7. The van der Waals surface area contributed by atoms with Crippen LogP contribution >= 0.6 is 15.9 Å². The van der Waals surface area contributed by atoms with Crippen molar-refractivity contribution < 1.29 is 26.4 Å². The molecule has 21 heteroatoms. The second-order valence-electron chi connectivity index (χ2n) is 27.0. The fraction of sp³-hybridized carbons (Fsp3) is 0.500. The van der Waals surface area contributed by atoms with E-state index in [4.69, 9.17) is 10.1 Å². The van der Waals surface area contributed by atoms with Crippen LogP contribution in [-0.2, 0) is 20.0 Å². The van der Waals surface area contributed by atoms with Gasteiger partial charge < -0.3 is 9.80 Å². The minimum absolute atomic E-state index is 0.0342. The Kier molecular flexibility index (Phi) is 20.1. The van der Waals surface area contributed by atoms with E-state index in [0.29, 0.717) is 45.9 Å². The number of pyridine rings is 2. The van der Waals surface area contributed by atoms with E-state index in [2.05, 4.69) is 172 Å². The van der Waals surface area contributed by atoms with Gasteiger partial charge in [0.05, 0.1) is 20.9 Å². The van der Waals surface area contributed by atoms with Crippen molar-refractivity contribution in [3.05, 3.63) is 125 Å². The van der Waals surface area contributed by atoms with Gasteiger partial charge in [-0.05, 0) is 140 Å². The van der Waals surface area contributed by atoms with Crippen molar-refractivity contribution in [2.75, 3.05) is 22.9 Å². The van der Waals surface area contributed by atoms with Crippen LogP contribution < -0.4 is 29.9 Å². The van der Waals surface area contributed by atoms with Gasteiger partial charge in [-0.25, -0.2) is 40.9 Å². The molecule has 2 aliphatic heterocycles. The van der Waals surface area contributed by atoms with Crippen LogP contribution in [-0.4, -0.2) is 98.9 Å². The molecule has 2 aromatic carbocycles. The highest BCUT2D eigenvalue weighted by molar-refractivity contribution is 9.10. The monoisotopic (exact) mass is 1240 g/mol. The van der Waals surface area contributed by atoms with E-state index in [9.17, 15) is 26.4 Å². The lowest BCUT2D eigenvalue weighted by molar-refractivity contribution is 0.0972. The molecule has 16 nitrogen and oxygen atoms in total. The number of sulfonamides is 2. The van der Waals surface area contributed by atoms with Crippen LogP contribution in [0.2, 0.25) is 38.3 Å². The molecule has 2 aliphatic rings. The number of aromatic nitrogens is 6. The van der Waals surface area contributed by atoms with E-state index in [1.165, 1.54) is 42.0 Å². The molecule has 2 amide bonds. The van der Waals surface area contributed by atoms with Crippen molar-refractivity contribution >= 4 is 86.2 Å². The number of halogens is 1. The lowest BCUT2D eigenvalue weighted by Crippen LogP contribution is -2.43. The molecule has 81 heavy (non-hydrogen) atoms. The van der Waals surface area contributed by atoms with Crippen LogP contribution in [0.5, 0.6) is 0 Å². The highest BCUT2D eigenvalue weighted by Gasteiger charge is 2.41. The third-order valence-corrected chi connectivity index (χ3v) is 24.7. The van der Waals surface area contributed by atoms with Gasteiger partial charge in [0.15, 0.2) is 5.82 Å². The number of rotatable bonds is 15. The SMILES string of the molecule is CC(C)(C)CC[Si](C)(C)c1ccn[nH]1.C[C@@H]1CN(c2nc(-n3ccc([Si](C)(C)CCC(C)(C)C)n3)ccc2C(=O)NS(=O)(=O)c2ccccc2)C(C)(C)C1.C[C@@H]1CN(c2nc(Br)ccc2C(=O)NS(=O)(=O)c2ccccc2)C(C)(C)C1. The normalized spacial score (nSPS) is 17.4. The Morgan fingerprint density at radius 3 is 1.51 bits per heavy atom. The summed E-state index contributed by atoms with van der Waals surface area (Å²) in [5.41, 5.74) is 0.742. The largest absolute Gasteiger partial charge is 0.351 e. The molecule has 4 aromatic heterocycles. The molecule has 0 saturated carbocycles. The predicted molar refractivity (Wildman–Crippen MR) is 336 cm³/mol. The van der Waals surface area contributed by atoms with Crippen LogP contribution in [0, 0.1) is 22.7 Å². The van der Waals surface area contributed by atoms with Crippen LogP contribution in [0.3, 0.4) is 0 Å². The van der Waals surface area contributed by atoms with Crippen LogP contribution in [0.15, 0.2) is 124 Å². The maximum absolute atomic E-state index is 13.5. The number of anilines is 2. The van der Waals surface area contributed by atoms with Crippen molar-refractivity contribution in [2.24, 2.45) is 22.7 Å². The molecule has 6 aromatic rings. The van der Waals surface area contributed by atoms with Crippen molar-refractivity contribution in [1.82, 2.24) is 39.4 Å². The first-order valence-electron chi connectivity index (χ1n) is 27.9. The molecule has 0 unspecified atom stereocenters. The smallest absolute Gasteiger partial charge is 0.268 e. The average Bonchev–Trinajstić information content (AvgIpc) is 4.32. The van der Waals surface area contributed by atoms with E-state index < -0.39 is 48.0 Å². The number of hydrogen-bond donors (Lipinski definition) is 3. The summed E-state index contributed by atoms with van der Waals surface area (Å²) in [5, 5.41) is 14.6. The summed E-state index contributed by atoms with van der Waals surface area (Å²) in [4.78, 5) is 40.0. The highest BCUT2D eigenvalue weighted by atomic mass is 79.9. The van der Waals surface area contributed by atoms with E-state index in [1.807, 2.05) is 12.4 Å². The number of nitrogens with one attached hydrogen (secondary N) is 3. The number of aromatic amines is 1. The van der Waals surface area contributed by atoms with Crippen molar-refractivity contribution in [2.45, 2.75) is 168 Å². The summed E-state index contributed by atoms with van der Waals surface area (Å²) in [6.07, 6.45) is 8.13. The molecule has 0 spiro atoms. The summed E-state index contributed by atoms with van der Waals surface area (Å²) >= 11 is 3.36. The lowest BCUT2D eigenvalue weighted by atomic mass is 9.94. The maximum atomic E-state index is 13.5. The van der Waals surface area contributed by atoms with Gasteiger partial charge in [-0.3, -0.25) is 14.7 Å². The number of amides is 2. The molecule has 2 fully saturated rings. The van der Waals surface area contributed by atoms with Crippen molar-refractivity contribution in [1.29, 1.82) is 0 Å². The van der Waals surface area contributed by atoms with Crippen LogP contribution in [0.1, 0.15) is 129 Å². The van der Waals surface area contributed by atoms with Gasteiger partial charge in [-0.1, -0.05) is 143 Å². The predicted octanol–water partition coefficient (Wildman–Crippen LogP) is 11.7. The van der Waals surface area contributed by atoms with Crippen molar-refractivity contribution in [3.8, 4) is 5.82 Å².